The fourth-order valence-electron chi connectivity index (χ4n) is 4.73. The van der Waals surface area contributed by atoms with Crippen molar-refractivity contribution in [2.24, 2.45) is 5.10 Å². The highest BCUT2D eigenvalue weighted by molar-refractivity contribution is 6.03. The summed E-state index contributed by atoms with van der Waals surface area (Å²) in [7, 11) is 0. The maximum absolute atomic E-state index is 13.8. The number of hydrazone groups is 1. The number of carbonyl (C=O) groups excluding carboxylic acids is 1. The van der Waals surface area contributed by atoms with Gasteiger partial charge in [0, 0.05) is 37.9 Å². The number of likely N-dealkylation sites (tertiary alicyclic amines) is 1. The second-order valence-corrected chi connectivity index (χ2v) is 8.81. The first-order valence-corrected chi connectivity index (χ1v) is 11.2. The number of hydrogen-bond acceptors (Lipinski definition) is 5. The average molecular weight is 438 g/mol. The lowest BCUT2D eigenvalue weighted by atomic mass is 9.97. The largest absolute Gasteiger partial charge is 0.347 e. The van der Waals surface area contributed by atoms with Crippen LogP contribution in [-0.4, -0.2) is 60.2 Å². The molecule has 2 fully saturated rings. The van der Waals surface area contributed by atoms with Crippen LogP contribution in [0.15, 0.2) is 53.6 Å². The quantitative estimate of drug-likeness (QED) is 0.733. The standard InChI is InChI=1S/C25H28FN3O3/c1-18-5-7-19(8-6-18)23-16-22(20-3-2-4-21(26)15-20)27-29(23)24(30)17-28-11-9-25(10-12-28)31-13-14-32-25/h2-8,15,23H,9-14,16-17H2,1H3. The van der Waals surface area contributed by atoms with Crippen LogP contribution in [0.2, 0.25) is 0 Å². The molecule has 2 saturated heterocycles. The Morgan fingerprint density at radius 2 is 1.84 bits per heavy atom. The minimum atomic E-state index is -0.458. The number of amides is 1. The topological polar surface area (TPSA) is 54.4 Å². The molecule has 1 unspecified atom stereocenters. The molecule has 32 heavy (non-hydrogen) atoms. The van der Waals surface area contributed by atoms with Gasteiger partial charge in [0.05, 0.1) is 31.5 Å². The highest BCUT2D eigenvalue weighted by Crippen LogP contribution is 2.34. The summed E-state index contributed by atoms with van der Waals surface area (Å²) in [5, 5.41) is 6.27. The lowest BCUT2D eigenvalue weighted by molar-refractivity contribution is -0.186. The minimum Gasteiger partial charge on any atom is -0.347 e. The van der Waals surface area contributed by atoms with E-state index in [4.69, 9.17) is 9.47 Å². The van der Waals surface area contributed by atoms with E-state index in [0.717, 1.165) is 42.8 Å². The summed E-state index contributed by atoms with van der Waals surface area (Å²) in [5.41, 5.74) is 3.64. The van der Waals surface area contributed by atoms with Gasteiger partial charge in [0.15, 0.2) is 5.79 Å². The molecule has 0 saturated carbocycles. The van der Waals surface area contributed by atoms with Gasteiger partial charge < -0.3 is 9.47 Å². The van der Waals surface area contributed by atoms with Gasteiger partial charge in [-0.05, 0) is 24.6 Å². The molecule has 0 aliphatic carbocycles. The van der Waals surface area contributed by atoms with Crippen LogP contribution >= 0.6 is 0 Å². The van der Waals surface area contributed by atoms with Crippen LogP contribution in [0.4, 0.5) is 4.39 Å². The van der Waals surface area contributed by atoms with Crippen molar-refractivity contribution in [1.82, 2.24) is 9.91 Å². The van der Waals surface area contributed by atoms with E-state index < -0.39 is 5.79 Å². The molecule has 3 heterocycles. The Morgan fingerprint density at radius 1 is 1.12 bits per heavy atom. The molecule has 0 radical (unpaired) electrons. The molecule has 5 rings (SSSR count). The first kappa shape index (κ1) is 21.2. The van der Waals surface area contributed by atoms with Gasteiger partial charge in [0.2, 0.25) is 0 Å². The van der Waals surface area contributed by atoms with Gasteiger partial charge >= 0.3 is 0 Å². The molecule has 3 aliphatic rings. The summed E-state index contributed by atoms with van der Waals surface area (Å²) < 4.78 is 25.4. The zero-order chi connectivity index (χ0) is 22.1. The summed E-state index contributed by atoms with van der Waals surface area (Å²) in [6.07, 6.45) is 2.09. The molecule has 7 heteroatoms. The maximum atomic E-state index is 13.8. The zero-order valence-electron chi connectivity index (χ0n) is 18.3. The Balaban J connectivity index is 1.34. The lowest BCUT2D eigenvalue weighted by Gasteiger charge is -2.37. The van der Waals surface area contributed by atoms with Crippen LogP contribution in [-0.2, 0) is 14.3 Å². The molecule has 3 aliphatic heterocycles. The van der Waals surface area contributed by atoms with Crippen molar-refractivity contribution in [1.29, 1.82) is 0 Å². The third-order valence-corrected chi connectivity index (χ3v) is 6.58. The first-order valence-electron chi connectivity index (χ1n) is 11.2. The van der Waals surface area contributed by atoms with Gasteiger partial charge in [-0.25, -0.2) is 9.40 Å². The number of halogens is 1. The Kier molecular flexibility index (Phi) is 5.80. The summed E-state index contributed by atoms with van der Waals surface area (Å²) in [6.45, 7) is 5.10. The number of ether oxygens (including phenoxy) is 2. The molecule has 168 valence electrons. The monoisotopic (exact) mass is 437 g/mol. The summed E-state index contributed by atoms with van der Waals surface area (Å²) in [5.74, 6) is -0.813. The summed E-state index contributed by atoms with van der Waals surface area (Å²) in [4.78, 5) is 15.5. The van der Waals surface area contributed by atoms with Crippen molar-refractivity contribution >= 4 is 11.6 Å². The van der Waals surface area contributed by atoms with Crippen molar-refractivity contribution in [3.63, 3.8) is 0 Å². The molecule has 2 aromatic rings. The van der Waals surface area contributed by atoms with Crippen LogP contribution in [0.5, 0.6) is 0 Å². The van der Waals surface area contributed by atoms with Crippen molar-refractivity contribution in [3.8, 4) is 0 Å². The van der Waals surface area contributed by atoms with Crippen LogP contribution in [0.3, 0.4) is 0 Å². The van der Waals surface area contributed by atoms with Crippen LogP contribution in [0.25, 0.3) is 0 Å². The van der Waals surface area contributed by atoms with E-state index in [-0.39, 0.29) is 17.8 Å². The SMILES string of the molecule is Cc1ccc(C2CC(c3cccc(F)c3)=NN2C(=O)CN2CCC3(CC2)OCCO3)cc1. The van der Waals surface area contributed by atoms with Gasteiger partial charge in [0.1, 0.15) is 5.82 Å². The van der Waals surface area contributed by atoms with Gasteiger partial charge in [-0.15, -0.1) is 0 Å². The fraction of sp³-hybridized carbons (Fsp3) is 0.440. The number of piperidine rings is 1. The predicted molar refractivity (Wildman–Crippen MR) is 119 cm³/mol. The van der Waals surface area contributed by atoms with E-state index in [9.17, 15) is 9.18 Å². The van der Waals surface area contributed by atoms with E-state index in [1.807, 2.05) is 37.3 Å². The molecule has 0 bridgehead atoms. The van der Waals surface area contributed by atoms with E-state index in [1.54, 1.807) is 11.1 Å². The van der Waals surface area contributed by atoms with Gasteiger partial charge in [0.25, 0.3) is 5.91 Å². The molecule has 6 nitrogen and oxygen atoms in total. The Labute approximate surface area is 187 Å². The van der Waals surface area contributed by atoms with Crippen molar-refractivity contribution < 1.29 is 18.7 Å². The van der Waals surface area contributed by atoms with Gasteiger partial charge in [-0.1, -0.05) is 42.0 Å². The Hall–Kier alpha value is -2.61. The van der Waals surface area contributed by atoms with Crippen LogP contribution in [0, 0.1) is 12.7 Å². The molecular formula is C25H28FN3O3. The molecule has 0 aromatic heterocycles. The molecular weight excluding hydrogens is 409 g/mol. The van der Waals surface area contributed by atoms with Crippen molar-refractivity contribution in [2.75, 3.05) is 32.8 Å². The van der Waals surface area contributed by atoms with Crippen molar-refractivity contribution in [2.45, 2.75) is 38.0 Å². The number of benzene rings is 2. The van der Waals surface area contributed by atoms with Gasteiger partial charge in [-0.2, -0.15) is 5.10 Å². The molecule has 0 N–H and O–H groups in total. The fourth-order valence-corrected chi connectivity index (χ4v) is 4.73. The summed E-state index contributed by atoms with van der Waals surface area (Å²) >= 11 is 0. The molecule has 1 atom stereocenters. The van der Waals surface area contributed by atoms with E-state index >= 15 is 0 Å². The van der Waals surface area contributed by atoms with E-state index in [0.29, 0.717) is 31.7 Å². The number of aryl methyl sites for hydroxylation is 1. The molecule has 2 aromatic carbocycles. The lowest BCUT2D eigenvalue weighted by Crippen LogP contribution is -2.48. The van der Waals surface area contributed by atoms with Gasteiger partial charge in [-0.3, -0.25) is 9.69 Å². The maximum Gasteiger partial charge on any atom is 0.257 e. The second kappa shape index (κ2) is 8.73. The smallest absolute Gasteiger partial charge is 0.257 e. The van der Waals surface area contributed by atoms with Crippen LogP contribution < -0.4 is 0 Å². The second-order valence-electron chi connectivity index (χ2n) is 8.81. The summed E-state index contributed by atoms with van der Waals surface area (Å²) in [6, 6.07) is 14.4. The number of carbonyl (C=O) groups is 1. The van der Waals surface area contributed by atoms with E-state index in [1.165, 1.54) is 12.1 Å². The Morgan fingerprint density at radius 3 is 2.53 bits per heavy atom. The first-order chi connectivity index (χ1) is 15.5. The molecule has 1 spiro atoms. The normalized spacial score (nSPS) is 23.0. The predicted octanol–water partition coefficient (Wildman–Crippen LogP) is 3.65. The van der Waals surface area contributed by atoms with Crippen molar-refractivity contribution in [3.05, 3.63) is 71.0 Å². The molecule has 1 amide bonds. The third kappa shape index (κ3) is 4.33. The minimum absolute atomic E-state index is 0.0498. The third-order valence-electron chi connectivity index (χ3n) is 6.58. The average Bonchev–Trinajstić information content (AvgIpc) is 3.44. The number of nitrogens with zero attached hydrogens (tertiary/aromatic N) is 3. The highest BCUT2D eigenvalue weighted by Gasteiger charge is 2.41. The zero-order valence-corrected chi connectivity index (χ0v) is 18.3. The number of rotatable bonds is 4. The Bertz CT molecular complexity index is 1010. The van der Waals surface area contributed by atoms with Crippen LogP contribution in [0.1, 0.15) is 42.0 Å². The highest BCUT2D eigenvalue weighted by atomic mass is 19.1. The van der Waals surface area contributed by atoms with E-state index in [2.05, 4.69) is 10.0 Å². The number of hydrogen-bond donors (Lipinski definition) is 0.